The lowest BCUT2D eigenvalue weighted by atomic mass is 10.1. The van der Waals surface area contributed by atoms with Crippen LogP contribution in [0.4, 0.5) is 28.9 Å². The van der Waals surface area contributed by atoms with E-state index in [1.165, 1.54) is 21.9 Å². The van der Waals surface area contributed by atoms with Gasteiger partial charge in [0.2, 0.25) is 5.91 Å². The molecule has 8 nitrogen and oxygen atoms in total. The molecule has 12 heteroatoms. The second kappa shape index (κ2) is 12.0. The van der Waals surface area contributed by atoms with Crippen LogP contribution in [0.2, 0.25) is 0 Å². The Morgan fingerprint density at radius 1 is 1.28 bits per heavy atom. The highest BCUT2D eigenvalue weighted by Gasteiger charge is 2.29. The number of rotatable bonds is 11. The van der Waals surface area contributed by atoms with Crippen molar-refractivity contribution in [3.8, 4) is 5.75 Å². The number of anilines is 2. The number of nitrogens with two attached hydrogens (primary N) is 1. The van der Waals surface area contributed by atoms with Crippen molar-refractivity contribution < 1.29 is 36.6 Å². The molecule has 0 spiro atoms. The lowest BCUT2D eigenvalue weighted by Crippen LogP contribution is -2.51. The Morgan fingerprint density at radius 3 is 2.56 bits per heavy atom. The van der Waals surface area contributed by atoms with Gasteiger partial charge in [0.1, 0.15) is 12.6 Å². The molecule has 2 rings (SSSR count). The predicted molar refractivity (Wildman–Crippen MR) is 110 cm³/mol. The number of nitrogens with one attached hydrogen (secondary N) is 1. The molecule has 2 amide bonds. The second-order valence-corrected chi connectivity index (χ2v) is 7.64. The molecule has 3 N–H and O–H groups in total. The minimum Gasteiger partial charge on any atom is -0.433 e. The summed E-state index contributed by atoms with van der Waals surface area (Å²) in [6.07, 6.45) is -2.66. The van der Waals surface area contributed by atoms with Gasteiger partial charge in [0.15, 0.2) is 5.75 Å². The largest absolute Gasteiger partial charge is 0.433 e. The minimum atomic E-state index is -3.17. The number of hydrogen-bond donors (Lipinski definition) is 2. The quantitative estimate of drug-likeness (QED) is 0.487. The fourth-order valence-corrected chi connectivity index (χ4v) is 3.40. The van der Waals surface area contributed by atoms with E-state index < -0.39 is 37.4 Å². The maximum Gasteiger partial charge on any atom is 0.387 e. The zero-order valence-corrected chi connectivity index (χ0v) is 17.9. The first kappa shape index (κ1) is 25.8. The van der Waals surface area contributed by atoms with Gasteiger partial charge in [-0.1, -0.05) is 13.8 Å². The van der Waals surface area contributed by atoms with Crippen molar-refractivity contribution in [2.45, 2.75) is 32.9 Å². The predicted octanol–water partition coefficient (Wildman–Crippen LogP) is 2.14. The highest BCUT2D eigenvalue weighted by Crippen LogP contribution is 2.33. The van der Waals surface area contributed by atoms with E-state index in [9.17, 15) is 27.2 Å². The molecule has 0 saturated carbocycles. The van der Waals surface area contributed by atoms with Gasteiger partial charge >= 0.3 is 6.61 Å². The molecular formula is C20H28F4N4O4. The molecule has 1 aromatic carbocycles. The van der Waals surface area contributed by atoms with Gasteiger partial charge in [-0.15, -0.1) is 0 Å². The molecule has 1 saturated heterocycles. The van der Waals surface area contributed by atoms with Crippen LogP contribution in [-0.2, 0) is 14.3 Å². The van der Waals surface area contributed by atoms with Crippen molar-refractivity contribution in [1.29, 1.82) is 0 Å². The molecule has 0 unspecified atom stereocenters. The average Bonchev–Trinajstić information content (AvgIpc) is 2.68. The average molecular weight is 464 g/mol. The van der Waals surface area contributed by atoms with Crippen molar-refractivity contribution in [2.24, 2.45) is 11.7 Å². The van der Waals surface area contributed by atoms with Gasteiger partial charge in [0, 0.05) is 31.4 Å². The van der Waals surface area contributed by atoms with Gasteiger partial charge in [-0.3, -0.25) is 14.5 Å². The molecule has 1 fully saturated rings. The highest BCUT2D eigenvalue weighted by atomic mass is 19.3. The van der Waals surface area contributed by atoms with E-state index in [1.54, 1.807) is 0 Å². The van der Waals surface area contributed by atoms with Crippen molar-refractivity contribution in [2.75, 3.05) is 49.6 Å². The van der Waals surface area contributed by atoms with E-state index in [0.29, 0.717) is 0 Å². The van der Waals surface area contributed by atoms with Crippen molar-refractivity contribution >= 4 is 23.2 Å². The maximum absolute atomic E-state index is 13.0. The molecule has 0 radical (unpaired) electrons. The topological polar surface area (TPSA) is 97.1 Å². The summed E-state index contributed by atoms with van der Waals surface area (Å²) in [4.78, 5) is 27.4. The van der Waals surface area contributed by atoms with Crippen molar-refractivity contribution in [3.63, 3.8) is 0 Å². The lowest BCUT2D eigenvalue weighted by molar-refractivity contribution is -0.126. The van der Waals surface area contributed by atoms with Crippen LogP contribution in [0, 0.1) is 5.92 Å². The van der Waals surface area contributed by atoms with Crippen LogP contribution in [0.3, 0.4) is 0 Å². The number of morpholine rings is 1. The number of halogens is 4. The summed E-state index contributed by atoms with van der Waals surface area (Å²) in [5.41, 5.74) is 5.88. The van der Waals surface area contributed by atoms with E-state index in [-0.39, 0.29) is 55.9 Å². The Hall–Kier alpha value is -2.44. The molecule has 32 heavy (non-hydrogen) atoms. The molecule has 1 aromatic rings. The Labute approximate surface area is 183 Å². The molecule has 0 bridgehead atoms. The van der Waals surface area contributed by atoms with Gasteiger partial charge in [0.05, 0.1) is 18.8 Å². The molecule has 1 aliphatic heterocycles. The number of nitrogens with zero attached hydrogens (tertiary/aromatic N) is 2. The van der Waals surface area contributed by atoms with Gasteiger partial charge in [-0.2, -0.15) is 8.78 Å². The van der Waals surface area contributed by atoms with E-state index in [1.807, 2.05) is 13.8 Å². The minimum absolute atomic E-state index is 0.00647. The molecule has 1 heterocycles. The lowest BCUT2D eigenvalue weighted by Gasteiger charge is -2.31. The van der Waals surface area contributed by atoms with Crippen LogP contribution in [0.25, 0.3) is 0 Å². The SMILES string of the molecule is CC(C)CN(CC(F)F)[C@H](CN)C(=O)Nc1ccc(N2CCOCC2=O)c(OC(F)F)c1. The summed E-state index contributed by atoms with van der Waals surface area (Å²) in [5, 5.41) is 2.52. The van der Waals surface area contributed by atoms with E-state index in [2.05, 4.69) is 10.1 Å². The molecule has 0 aromatic heterocycles. The third-order valence-corrected chi connectivity index (χ3v) is 4.66. The molecular weight excluding hydrogens is 436 g/mol. The van der Waals surface area contributed by atoms with Crippen molar-refractivity contribution in [1.82, 2.24) is 4.90 Å². The van der Waals surface area contributed by atoms with Gasteiger partial charge < -0.3 is 25.4 Å². The number of amides is 2. The van der Waals surface area contributed by atoms with Crippen LogP contribution >= 0.6 is 0 Å². The summed E-state index contributed by atoms with van der Waals surface area (Å²) in [6.45, 7) is 0.0339. The van der Waals surface area contributed by atoms with Crippen LogP contribution in [0.1, 0.15) is 13.8 Å². The third-order valence-electron chi connectivity index (χ3n) is 4.66. The number of alkyl halides is 4. The van der Waals surface area contributed by atoms with Crippen LogP contribution < -0.4 is 20.7 Å². The summed E-state index contributed by atoms with van der Waals surface area (Å²) >= 11 is 0. The molecule has 0 aliphatic carbocycles. The van der Waals surface area contributed by atoms with Crippen LogP contribution in [-0.4, -0.2) is 75.2 Å². The number of carbonyl (C=O) groups is 2. The normalized spacial score (nSPS) is 15.7. The van der Waals surface area contributed by atoms with E-state index in [4.69, 9.17) is 10.5 Å². The number of hydrogen-bond acceptors (Lipinski definition) is 6. The summed E-state index contributed by atoms with van der Waals surface area (Å²) in [6, 6.07) is 2.86. The first-order valence-electron chi connectivity index (χ1n) is 10.1. The third kappa shape index (κ3) is 7.31. The monoisotopic (exact) mass is 464 g/mol. The maximum atomic E-state index is 13.0. The Balaban J connectivity index is 2.25. The smallest absolute Gasteiger partial charge is 0.387 e. The Bertz CT molecular complexity index is 772. The zero-order chi connectivity index (χ0) is 23.8. The summed E-state index contributed by atoms with van der Waals surface area (Å²) in [5.74, 6) is -1.39. The van der Waals surface area contributed by atoms with Crippen LogP contribution in [0.15, 0.2) is 18.2 Å². The zero-order valence-electron chi connectivity index (χ0n) is 17.9. The highest BCUT2D eigenvalue weighted by molar-refractivity contribution is 5.98. The van der Waals surface area contributed by atoms with Gasteiger partial charge in [-0.05, 0) is 18.1 Å². The first-order chi connectivity index (χ1) is 15.1. The standard InChI is InChI=1S/C20H28F4N4O4/c1-12(2)9-27(10-17(21)22)15(8-25)19(30)26-13-3-4-14(16(7-13)32-20(23)24)28-5-6-31-11-18(28)29/h3-4,7,12,15,17,20H,5-6,8-11,25H2,1-2H3,(H,26,30)/t15-/m1/s1. The Kier molecular flexibility index (Phi) is 9.66. The molecule has 1 atom stereocenters. The first-order valence-corrected chi connectivity index (χ1v) is 10.1. The van der Waals surface area contributed by atoms with Gasteiger partial charge in [-0.25, -0.2) is 8.78 Å². The van der Waals surface area contributed by atoms with Gasteiger partial charge in [0.25, 0.3) is 12.3 Å². The van der Waals surface area contributed by atoms with E-state index >= 15 is 0 Å². The van der Waals surface area contributed by atoms with Crippen molar-refractivity contribution in [3.05, 3.63) is 18.2 Å². The fourth-order valence-electron chi connectivity index (χ4n) is 3.40. The number of ether oxygens (including phenoxy) is 2. The molecule has 1 aliphatic rings. The summed E-state index contributed by atoms with van der Waals surface area (Å²) in [7, 11) is 0. The number of benzene rings is 1. The fraction of sp³-hybridized carbons (Fsp3) is 0.600. The second-order valence-electron chi connectivity index (χ2n) is 7.64. The Morgan fingerprint density at radius 2 is 2.00 bits per heavy atom. The van der Waals surface area contributed by atoms with E-state index in [0.717, 1.165) is 6.07 Å². The molecule has 180 valence electrons. The summed E-state index contributed by atoms with van der Waals surface area (Å²) < 4.78 is 61.5. The number of carbonyl (C=O) groups excluding carboxylic acids is 2. The van der Waals surface area contributed by atoms with Crippen LogP contribution in [0.5, 0.6) is 5.75 Å².